The number of methoxy groups -OCH3 is 1. The summed E-state index contributed by atoms with van der Waals surface area (Å²) in [5.74, 6) is 1.69. The van der Waals surface area contributed by atoms with Gasteiger partial charge in [0, 0.05) is 43.3 Å². The number of hydrogen-bond donors (Lipinski definition) is 0. The molecule has 0 radical (unpaired) electrons. The first kappa shape index (κ1) is 22.9. The normalized spacial score (nSPS) is 14.4. The number of benzene rings is 2. The smallest absolute Gasteiger partial charge is 0.246 e. The van der Waals surface area contributed by atoms with E-state index in [0.717, 1.165) is 59.5 Å². The lowest BCUT2D eigenvalue weighted by Crippen LogP contribution is -2.34. The van der Waals surface area contributed by atoms with Gasteiger partial charge in [-0.2, -0.15) is 0 Å². The van der Waals surface area contributed by atoms with Gasteiger partial charge in [0.2, 0.25) is 5.91 Å². The van der Waals surface area contributed by atoms with E-state index in [1.54, 1.807) is 24.5 Å². The lowest BCUT2D eigenvalue weighted by Gasteiger charge is -2.23. The van der Waals surface area contributed by atoms with Gasteiger partial charge in [0.05, 0.1) is 17.8 Å². The molecule has 1 aliphatic heterocycles. The predicted molar refractivity (Wildman–Crippen MR) is 133 cm³/mol. The summed E-state index contributed by atoms with van der Waals surface area (Å²) in [5, 5.41) is 3.05. The van der Waals surface area contributed by atoms with Crippen molar-refractivity contribution in [2.75, 3.05) is 38.2 Å². The number of rotatable bonds is 7. The van der Waals surface area contributed by atoms with Crippen molar-refractivity contribution in [2.45, 2.75) is 20.0 Å². The molecule has 4 rings (SSSR count). The van der Waals surface area contributed by atoms with E-state index < -0.39 is 0 Å². The molecule has 0 bridgehead atoms. The number of amides is 1. The van der Waals surface area contributed by atoms with Crippen LogP contribution in [0.1, 0.15) is 22.7 Å². The second-order valence-corrected chi connectivity index (χ2v) is 8.98. The standard InChI is InChI=1S/C26H29N3O3S/c1-20-27-22(19-33-20)18-32-25-9-4-21(5-10-25)6-13-26(30)29-15-3-14-28(16-17-29)23-7-11-24(31-2)12-8-23/h4-13,19H,3,14-18H2,1-2H3/b13-6+. The number of thiazole rings is 1. The van der Waals surface area contributed by atoms with Gasteiger partial charge >= 0.3 is 0 Å². The number of hydrogen-bond acceptors (Lipinski definition) is 6. The number of ether oxygens (including phenoxy) is 2. The Morgan fingerprint density at radius 3 is 2.48 bits per heavy atom. The average molecular weight is 464 g/mol. The van der Waals surface area contributed by atoms with Crippen LogP contribution < -0.4 is 14.4 Å². The molecule has 33 heavy (non-hydrogen) atoms. The Kier molecular flexibility index (Phi) is 7.62. The molecule has 0 saturated carbocycles. The van der Waals surface area contributed by atoms with E-state index in [1.165, 1.54) is 0 Å². The van der Waals surface area contributed by atoms with Crippen molar-refractivity contribution in [3.63, 3.8) is 0 Å². The van der Waals surface area contributed by atoms with Crippen LogP contribution in [-0.4, -0.2) is 49.1 Å². The third kappa shape index (κ3) is 6.35. The second-order valence-electron chi connectivity index (χ2n) is 7.91. The highest BCUT2D eigenvalue weighted by Gasteiger charge is 2.18. The summed E-state index contributed by atoms with van der Waals surface area (Å²) in [4.78, 5) is 21.4. The van der Waals surface area contributed by atoms with Crippen LogP contribution in [0.15, 0.2) is 60.0 Å². The lowest BCUT2D eigenvalue weighted by atomic mass is 10.2. The van der Waals surface area contributed by atoms with Gasteiger partial charge in [0.1, 0.15) is 18.1 Å². The minimum absolute atomic E-state index is 0.0470. The zero-order valence-electron chi connectivity index (χ0n) is 19.1. The molecular weight excluding hydrogens is 434 g/mol. The maximum atomic E-state index is 12.8. The summed E-state index contributed by atoms with van der Waals surface area (Å²) in [6.07, 6.45) is 4.47. The Labute approximate surface area is 199 Å². The number of carbonyl (C=O) groups is 1. The molecule has 1 aromatic heterocycles. The highest BCUT2D eigenvalue weighted by Crippen LogP contribution is 2.21. The van der Waals surface area contributed by atoms with Crippen molar-refractivity contribution in [2.24, 2.45) is 0 Å². The van der Waals surface area contributed by atoms with Crippen LogP contribution in [-0.2, 0) is 11.4 Å². The van der Waals surface area contributed by atoms with E-state index in [0.29, 0.717) is 13.2 Å². The predicted octanol–water partition coefficient (Wildman–Crippen LogP) is 4.79. The van der Waals surface area contributed by atoms with Crippen molar-refractivity contribution in [3.8, 4) is 11.5 Å². The van der Waals surface area contributed by atoms with E-state index in [2.05, 4.69) is 22.0 Å². The Morgan fingerprint density at radius 1 is 1.03 bits per heavy atom. The molecule has 0 atom stereocenters. The van der Waals surface area contributed by atoms with Gasteiger partial charge in [0.15, 0.2) is 0 Å². The largest absolute Gasteiger partial charge is 0.497 e. The van der Waals surface area contributed by atoms with Crippen LogP contribution in [0.2, 0.25) is 0 Å². The molecule has 1 amide bonds. The van der Waals surface area contributed by atoms with Crippen molar-refractivity contribution in [3.05, 3.63) is 76.3 Å². The molecule has 0 unspecified atom stereocenters. The Hall–Kier alpha value is -3.32. The maximum absolute atomic E-state index is 12.8. The summed E-state index contributed by atoms with van der Waals surface area (Å²) in [5.41, 5.74) is 3.07. The molecule has 2 aromatic carbocycles. The number of anilines is 1. The zero-order chi connectivity index (χ0) is 23.0. The van der Waals surface area contributed by atoms with Crippen LogP contribution >= 0.6 is 11.3 Å². The summed E-state index contributed by atoms with van der Waals surface area (Å²) in [6.45, 7) is 5.66. The summed E-state index contributed by atoms with van der Waals surface area (Å²) >= 11 is 1.62. The van der Waals surface area contributed by atoms with Gasteiger partial charge in [-0.3, -0.25) is 4.79 Å². The Bertz CT molecular complexity index is 1080. The average Bonchev–Trinajstić information content (AvgIpc) is 3.11. The molecule has 0 spiro atoms. The van der Waals surface area contributed by atoms with Crippen molar-refractivity contribution in [1.82, 2.24) is 9.88 Å². The van der Waals surface area contributed by atoms with Crippen LogP contribution in [0.3, 0.4) is 0 Å². The minimum atomic E-state index is 0.0470. The number of nitrogens with zero attached hydrogens (tertiary/aromatic N) is 3. The SMILES string of the molecule is COc1ccc(N2CCCN(C(=O)/C=C/c3ccc(OCc4csc(C)n4)cc3)CC2)cc1. The van der Waals surface area contributed by atoms with Crippen molar-refractivity contribution in [1.29, 1.82) is 0 Å². The van der Waals surface area contributed by atoms with Crippen molar-refractivity contribution < 1.29 is 14.3 Å². The Morgan fingerprint density at radius 2 is 1.79 bits per heavy atom. The first-order chi connectivity index (χ1) is 16.1. The monoisotopic (exact) mass is 463 g/mol. The van der Waals surface area contributed by atoms with Gasteiger partial charge in [-0.25, -0.2) is 4.98 Å². The highest BCUT2D eigenvalue weighted by atomic mass is 32.1. The summed E-state index contributed by atoms with van der Waals surface area (Å²) in [6, 6.07) is 15.8. The zero-order valence-corrected chi connectivity index (χ0v) is 19.9. The van der Waals surface area contributed by atoms with Crippen LogP contribution in [0.5, 0.6) is 11.5 Å². The lowest BCUT2D eigenvalue weighted by molar-refractivity contribution is -0.125. The molecule has 1 aliphatic rings. The van der Waals surface area contributed by atoms with Gasteiger partial charge in [-0.1, -0.05) is 12.1 Å². The van der Waals surface area contributed by atoms with Crippen LogP contribution in [0, 0.1) is 6.92 Å². The third-order valence-electron chi connectivity index (χ3n) is 5.60. The fraction of sp³-hybridized carbons (Fsp3) is 0.308. The van der Waals surface area contributed by atoms with Crippen LogP contribution in [0.25, 0.3) is 6.08 Å². The molecule has 1 fully saturated rings. The van der Waals surface area contributed by atoms with Gasteiger partial charge < -0.3 is 19.3 Å². The van der Waals surface area contributed by atoms with Crippen LogP contribution in [0.4, 0.5) is 5.69 Å². The third-order valence-corrected chi connectivity index (χ3v) is 6.42. The first-order valence-corrected chi connectivity index (χ1v) is 12.0. The molecule has 6 nitrogen and oxygen atoms in total. The fourth-order valence-electron chi connectivity index (χ4n) is 3.77. The van der Waals surface area contributed by atoms with Gasteiger partial charge in [-0.15, -0.1) is 11.3 Å². The minimum Gasteiger partial charge on any atom is -0.497 e. The van der Waals surface area contributed by atoms with Crippen molar-refractivity contribution >= 4 is 29.0 Å². The Balaban J connectivity index is 1.27. The van der Waals surface area contributed by atoms with E-state index >= 15 is 0 Å². The number of carbonyl (C=O) groups excluding carboxylic acids is 1. The second kappa shape index (κ2) is 11.0. The number of aryl methyl sites for hydroxylation is 1. The van der Waals surface area contributed by atoms with Gasteiger partial charge in [-0.05, 0) is 61.4 Å². The fourth-order valence-corrected chi connectivity index (χ4v) is 4.37. The molecule has 3 aromatic rings. The molecule has 2 heterocycles. The summed E-state index contributed by atoms with van der Waals surface area (Å²) in [7, 11) is 1.67. The van der Waals surface area contributed by atoms with E-state index in [9.17, 15) is 4.79 Å². The molecule has 172 valence electrons. The molecule has 0 aliphatic carbocycles. The van der Waals surface area contributed by atoms with E-state index in [4.69, 9.17) is 9.47 Å². The molecular formula is C26H29N3O3S. The maximum Gasteiger partial charge on any atom is 0.246 e. The molecule has 0 N–H and O–H groups in total. The highest BCUT2D eigenvalue weighted by molar-refractivity contribution is 7.09. The number of aromatic nitrogens is 1. The molecule has 7 heteroatoms. The first-order valence-electron chi connectivity index (χ1n) is 11.1. The topological polar surface area (TPSA) is 54.9 Å². The van der Waals surface area contributed by atoms with E-state index in [-0.39, 0.29) is 5.91 Å². The van der Waals surface area contributed by atoms with Gasteiger partial charge in [0.25, 0.3) is 0 Å². The molecule has 1 saturated heterocycles. The summed E-state index contributed by atoms with van der Waals surface area (Å²) < 4.78 is 11.0. The quantitative estimate of drug-likeness (QED) is 0.472. The van der Waals surface area contributed by atoms with E-state index in [1.807, 2.05) is 59.7 Å².